The molecule has 1 aliphatic rings. The molecule has 0 amide bonds. The Morgan fingerprint density at radius 1 is 1.06 bits per heavy atom. The van der Waals surface area contributed by atoms with Gasteiger partial charge in [0.1, 0.15) is 0 Å². The highest BCUT2D eigenvalue weighted by molar-refractivity contribution is 5.23. The molecule has 0 aromatic carbocycles. The Bertz CT molecular complexity index is 258. The third-order valence-electron chi connectivity index (χ3n) is 5.03. The van der Waals surface area contributed by atoms with Gasteiger partial charge < -0.3 is 5.11 Å². The molecule has 0 aliphatic heterocycles. The lowest BCUT2D eigenvalue weighted by Crippen LogP contribution is -2.11. The highest BCUT2D eigenvalue weighted by Gasteiger charge is 2.68. The molecule has 0 saturated heterocycles. The minimum atomic E-state index is 0.130. The summed E-state index contributed by atoms with van der Waals surface area (Å²) in [6.45, 7) is 9.41. The third kappa shape index (κ3) is 2.76. The number of allylic oxidation sites excluding steroid dienone is 2. The van der Waals surface area contributed by atoms with Gasteiger partial charge in [0.05, 0.1) is 0 Å². The number of hydrogen-bond donors (Lipinski definition) is 1. The van der Waals surface area contributed by atoms with Crippen molar-refractivity contribution in [1.29, 1.82) is 0 Å². The predicted octanol–water partition coefficient (Wildman–Crippen LogP) is 4.56. The second-order valence-corrected chi connectivity index (χ2v) is 6.14. The fraction of sp³-hybridized carbons (Fsp3) is 0.875. The lowest BCUT2D eigenvalue weighted by Gasteiger charge is -2.15. The van der Waals surface area contributed by atoms with Crippen molar-refractivity contribution >= 4 is 0 Å². The molecule has 1 heteroatoms. The topological polar surface area (TPSA) is 20.2 Å². The zero-order chi connectivity index (χ0) is 12.9. The molecule has 1 saturated carbocycles. The number of aliphatic hydroxyl groups excluding tert-OH is 1. The van der Waals surface area contributed by atoms with E-state index in [0.717, 1.165) is 0 Å². The summed E-state index contributed by atoms with van der Waals surface area (Å²) in [5.74, 6) is 0.586. The Balaban J connectivity index is 2.56. The van der Waals surface area contributed by atoms with Crippen molar-refractivity contribution in [3.05, 3.63) is 12.2 Å². The van der Waals surface area contributed by atoms with Crippen LogP contribution in [0.5, 0.6) is 0 Å². The monoisotopic (exact) mass is 238 g/mol. The van der Waals surface area contributed by atoms with E-state index in [9.17, 15) is 5.11 Å². The fourth-order valence-corrected chi connectivity index (χ4v) is 3.24. The Morgan fingerprint density at radius 3 is 2.24 bits per heavy atom. The van der Waals surface area contributed by atoms with Crippen LogP contribution in [0.3, 0.4) is 0 Å². The summed E-state index contributed by atoms with van der Waals surface area (Å²) < 4.78 is 0. The van der Waals surface area contributed by atoms with Gasteiger partial charge in [-0.2, -0.15) is 0 Å². The Morgan fingerprint density at radius 2 is 1.71 bits per heavy atom. The Kier molecular flexibility index (Phi) is 5.24. The van der Waals surface area contributed by atoms with Crippen LogP contribution in [-0.4, -0.2) is 11.7 Å². The third-order valence-corrected chi connectivity index (χ3v) is 5.03. The van der Waals surface area contributed by atoms with Gasteiger partial charge in [0.2, 0.25) is 0 Å². The SMILES string of the molecule is CCCC/C=C\[C@@H]1[C@](C)(CO)[C@@]1(C)CCCC. The number of rotatable bonds is 8. The molecule has 1 nitrogen and oxygen atoms in total. The molecule has 1 aliphatic carbocycles. The summed E-state index contributed by atoms with van der Waals surface area (Å²) in [6, 6.07) is 0. The lowest BCUT2D eigenvalue weighted by atomic mass is 9.91. The van der Waals surface area contributed by atoms with Crippen molar-refractivity contribution in [1.82, 2.24) is 0 Å². The summed E-state index contributed by atoms with van der Waals surface area (Å²) in [5, 5.41) is 9.64. The van der Waals surface area contributed by atoms with Crippen LogP contribution in [0.25, 0.3) is 0 Å². The van der Waals surface area contributed by atoms with Gasteiger partial charge in [-0.3, -0.25) is 0 Å². The zero-order valence-electron chi connectivity index (χ0n) is 12.1. The molecule has 1 N–H and O–H groups in total. The second-order valence-electron chi connectivity index (χ2n) is 6.14. The molecule has 0 spiro atoms. The minimum Gasteiger partial charge on any atom is -0.396 e. The van der Waals surface area contributed by atoms with Crippen LogP contribution in [0.4, 0.5) is 0 Å². The number of aliphatic hydroxyl groups is 1. The fourth-order valence-electron chi connectivity index (χ4n) is 3.24. The van der Waals surface area contributed by atoms with Crippen LogP contribution < -0.4 is 0 Å². The molecule has 0 heterocycles. The molecule has 3 atom stereocenters. The first-order valence-electron chi connectivity index (χ1n) is 7.34. The minimum absolute atomic E-state index is 0.130. The van der Waals surface area contributed by atoms with Crippen LogP contribution in [0.2, 0.25) is 0 Å². The quantitative estimate of drug-likeness (QED) is 0.485. The van der Waals surface area contributed by atoms with E-state index in [1.165, 1.54) is 38.5 Å². The van der Waals surface area contributed by atoms with Crippen LogP contribution in [0.1, 0.15) is 66.2 Å². The normalized spacial score (nSPS) is 36.6. The van der Waals surface area contributed by atoms with E-state index in [-0.39, 0.29) is 5.41 Å². The predicted molar refractivity (Wildman–Crippen MR) is 75.0 cm³/mol. The highest BCUT2D eigenvalue weighted by Crippen LogP contribution is 2.71. The van der Waals surface area contributed by atoms with Crippen molar-refractivity contribution in [3.63, 3.8) is 0 Å². The Hall–Kier alpha value is -0.300. The van der Waals surface area contributed by atoms with E-state index < -0.39 is 0 Å². The van der Waals surface area contributed by atoms with Gasteiger partial charge in [0, 0.05) is 12.0 Å². The standard InChI is InChI=1S/C16H30O/c1-5-7-9-10-11-14-15(3,12-8-6-2)16(14,4)13-17/h10-11,14,17H,5-9,12-13H2,1-4H3/b11-10-/t14-,15-,16-/m0/s1. The maximum absolute atomic E-state index is 9.64. The van der Waals surface area contributed by atoms with Gasteiger partial charge >= 0.3 is 0 Å². The lowest BCUT2D eigenvalue weighted by molar-refractivity contribution is 0.183. The van der Waals surface area contributed by atoms with Crippen LogP contribution >= 0.6 is 0 Å². The van der Waals surface area contributed by atoms with Crippen molar-refractivity contribution in [3.8, 4) is 0 Å². The largest absolute Gasteiger partial charge is 0.396 e. The molecule has 17 heavy (non-hydrogen) atoms. The molecular formula is C16H30O. The summed E-state index contributed by atoms with van der Waals surface area (Å²) in [6.07, 6.45) is 12.2. The summed E-state index contributed by atoms with van der Waals surface area (Å²) in [7, 11) is 0. The molecule has 100 valence electrons. The maximum Gasteiger partial charge on any atom is 0.0496 e. The molecule has 0 radical (unpaired) electrons. The summed E-state index contributed by atoms with van der Waals surface area (Å²) in [4.78, 5) is 0. The van der Waals surface area contributed by atoms with Gasteiger partial charge in [-0.15, -0.1) is 0 Å². The maximum atomic E-state index is 9.64. The van der Waals surface area contributed by atoms with Gasteiger partial charge in [0.15, 0.2) is 0 Å². The van der Waals surface area contributed by atoms with Gasteiger partial charge in [-0.25, -0.2) is 0 Å². The van der Waals surface area contributed by atoms with E-state index in [1.54, 1.807) is 0 Å². The van der Waals surface area contributed by atoms with Crippen molar-refractivity contribution < 1.29 is 5.11 Å². The average Bonchev–Trinajstić information content (AvgIpc) is 2.80. The van der Waals surface area contributed by atoms with E-state index in [0.29, 0.717) is 17.9 Å². The second kappa shape index (κ2) is 6.04. The van der Waals surface area contributed by atoms with Gasteiger partial charge in [0.25, 0.3) is 0 Å². The van der Waals surface area contributed by atoms with Gasteiger partial charge in [-0.1, -0.05) is 65.5 Å². The van der Waals surface area contributed by atoms with Crippen LogP contribution in [-0.2, 0) is 0 Å². The Labute approximate surface area is 107 Å². The van der Waals surface area contributed by atoms with Gasteiger partial charge in [-0.05, 0) is 24.2 Å². The molecule has 1 fully saturated rings. The van der Waals surface area contributed by atoms with Crippen LogP contribution in [0, 0.1) is 16.7 Å². The molecule has 0 unspecified atom stereocenters. The van der Waals surface area contributed by atoms with E-state index in [2.05, 4.69) is 39.8 Å². The highest BCUT2D eigenvalue weighted by atomic mass is 16.3. The van der Waals surface area contributed by atoms with Crippen molar-refractivity contribution in [2.24, 2.45) is 16.7 Å². The number of unbranched alkanes of at least 4 members (excludes halogenated alkanes) is 3. The summed E-state index contributed by atoms with van der Waals surface area (Å²) >= 11 is 0. The first-order valence-corrected chi connectivity index (χ1v) is 7.34. The molecule has 0 bridgehead atoms. The first kappa shape index (κ1) is 14.8. The van der Waals surface area contributed by atoms with E-state index >= 15 is 0 Å². The first-order chi connectivity index (χ1) is 8.06. The average molecular weight is 238 g/mol. The smallest absolute Gasteiger partial charge is 0.0496 e. The van der Waals surface area contributed by atoms with Crippen LogP contribution in [0.15, 0.2) is 12.2 Å². The van der Waals surface area contributed by atoms with E-state index in [1.807, 2.05) is 0 Å². The molecule has 0 aromatic heterocycles. The number of hydrogen-bond acceptors (Lipinski definition) is 1. The molecule has 0 aromatic rings. The zero-order valence-corrected chi connectivity index (χ0v) is 12.1. The van der Waals surface area contributed by atoms with Crippen molar-refractivity contribution in [2.45, 2.75) is 66.2 Å². The van der Waals surface area contributed by atoms with Crippen molar-refractivity contribution in [2.75, 3.05) is 6.61 Å². The van der Waals surface area contributed by atoms with E-state index in [4.69, 9.17) is 0 Å². The molecular weight excluding hydrogens is 208 g/mol. The summed E-state index contributed by atoms with van der Waals surface area (Å²) in [5.41, 5.74) is 0.464. The molecule has 1 rings (SSSR count).